The molecule has 3 rings (SSSR count). The molecule has 1 aliphatic carbocycles. The van der Waals surface area contributed by atoms with Gasteiger partial charge >= 0.3 is 0 Å². The van der Waals surface area contributed by atoms with Gasteiger partial charge in [0.05, 0.1) is 0 Å². The van der Waals surface area contributed by atoms with Crippen LogP contribution >= 0.6 is 0 Å². The molecule has 6 heteroatoms. The molecular weight excluding hydrogens is 290 g/mol. The van der Waals surface area contributed by atoms with E-state index in [0.29, 0.717) is 12.4 Å². The molecular formula is C17H21N5O. The third kappa shape index (κ3) is 4.31. The van der Waals surface area contributed by atoms with Crippen LogP contribution in [0.2, 0.25) is 0 Å². The van der Waals surface area contributed by atoms with Crippen molar-refractivity contribution in [2.75, 3.05) is 0 Å². The molecule has 1 N–H and O–H groups in total. The number of nitrogens with one attached hydrogen (secondary N) is 1. The lowest BCUT2D eigenvalue weighted by Gasteiger charge is -2.14. The molecule has 0 spiro atoms. The Morgan fingerprint density at radius 1 is 1.00 bits per heavy atom. The van der Waals surface area contributed by atoms with Crippen LogP contribution in [0.25, 0.3) is 11.4 Å². The van der Waals surface area contributed by atoms with Gasteiger partial charge in [-0.25, -0.2) is 0 Å². The van der Waals surface area contributed by atoms with E-state index >= 15 is 0 Å². The summed E-state index contributed by atoms with van der Waals surface area (Å²) in [6, 6.07) is 7.79. The van der Waals surface area contributed by atoms with Crippen LogP contribution in [0.15, 0.2) is 30.6 Å². The normalized spacial score (nSPS) is 15.8. The Bertz CT molecular complexity index is 621. The fourth-order valence-electron chi connectivity index (χ4n) is 2.97. The van der Waals surface area contributed by atoms with Gasteiger partial charge < -0.3 is 5.32 Å². The first-order valence-corrected chi connectivity index (χ1v) is 8.20. The van der Waals surface area contributed by atoms with Crippen LogP contribution < -0.4 is 5.32 Å². The van der Waals surface area contributed by atoms with Crippen molar-refractivity contribution in [1.82, 2.24) is 25.7 Å². The predicted molar refractivity (Wildman–Crippen MR) is 86.1 cm³/mol. The first kappa shape index (κ1) is 15.5. The highest BCUT2D eigenvalue weighted by atomic mass is 16.1. The number of aromatic nitrogens is 4. The van der Waals surface area contributed by atoms with E-state index in [1.54, 1.807) is 0 Å². The molecule has 6 nitrogen and oxygen atoms in total. The summed E-state index contributed by atoms with van der Waals surface area (Å²) < 4.78 is 0. The molecule has 2 aromatic rings. The van der Waals surface area contributed by atoms with E-state index in [1.807, 2.05) is 24.3 Å². The highest BCUT2D eigenvalue weighted by Gasteiger charge is 2.19. The standard InChI is InChI=1S/C17H21N5O/c23-17(15-5-3-1-2-4-6-15)18-11-13-7-9-14(10-8-13)16-21-19-12-20-22-16/h7-10,12,15H,1-6,11H2,(H,18,23). The molecule has 120 valence electrons. The van der Waals surface area contributed by atoms with E-state index in [-0.39, 0.29) is 11.8 Å². The van der Waals surface area contributed by atoms with Crippen molar-refractivity contribution in [2.24, 2.45) is 5.92 Å². The van der Waals surface area contributed by atoms with Gasteiger partial charge in [0.1, 0.15) is 0 Å². The Labute approximate surface area is 135 Å². The second kappa shape index (κ2) is 7.76. The zero-order chi connectivity index (χ0) is 15.9. The quantitative estimate of drug-likeness (QED) is 0.878. The van der Waals surface area contributed by atoms with Gasteiger partial charge in [0.25, 0.3) is 0 Å². The highest BCUT2D eigenvalue weighted by molar-refractivity contribution is 5.78. The van der Waals surface area contributed by atoms with Gasteiger partial charge in [-0.3, -0.25) is 4.79 Å². The molecule has 1 saturated carbocycles. The Morgan fingerprint density at radius 2 is 1.65 bits per heavy atom. The number of hydrogen-bond acceptors (Lipinski definition) is 5. The molecule has 1 aromatic carbocycles. The van der Waals surface area contributed by atoms with Crippen molar-refractivity contribution in [1.29, 1.82) is 0 Å². The molecule has 0 saturated heterocycles. The number of rotatable bonds is 4. The topological polar surface area (TPSA) is 80.7 Å². The van der Waals surface area contributed by atoms with Gasteiger partial charge in [-0.2, -0.15) is 0 Å². The lowest BCUT2D eigenvalue weighted by molar-refractivity contribution is -0.125. The smallest absolute Gasteiger partial charge is 0.223 e. The summed E-state index contributed by atoms with van der Waals surface area (Å²) in [5, 5.41) is 18.4. The maximum atomic E-state index is 12.3. The van der Waals surface area contributed by atoms with Gasteiger partial charge in [-0.1, -0.05) is 49.9 Å². The largest absolute Gasteiger partial charge is 0.352 e. The van der Waals surface area contributed by atoms with E-state index in [4.69, 9.17) is 0 Å². The van der Waals surface area contributed by atoms with Crippen molar-refractivity contribution in [3.8, 4) is 11.4 Å². The maximum absolute atomic E-state index is 12.3. The second-order valence-electron chi connectivity index (χ2n) is 5.97. The van der Waals surface area contributed by atoms with Crippen LogP contribution in [0.5, 0.6) is 0 Å². The summed E-state index contributed by atoms with van der Waals surface area (Å²) in [6.07, 6.45) is 8.22. The first-order valence-electron chi connectivity index (χ1n) is 8.20. The van der Waals surface area contributed by atoms with Crippen LogP contribution in [0, 0.1) is 5.92 Å². The fraction of sp³-hybridized carbons (Fsp3) is 0.471. The SMILES string of the molecule is O=C(NCc1ccc(-c2nncnn2)cc1)C1CCCCCC1. The molecule has 1 aromatic heterocycles. The van der Waals surface area contributed by atoms with Gasteiger partial charge in [0.2, 0.25) is 11.7 Å². The molecule has 1 heterocycles. The van der Waals surface area contributed by atoms with E-state index in [2.05, 4.69) is 25.7 Å². The summed E-state index contributed by atoms with van der Waals surface area (Å²) in [5.41, 5.74) is 1.93. The number of hydrogen-bond donors (Lipinski definition) is 1. The van der Waals surface area contributed by atoms with E-state index in [9.17, 15) is 4.79 Å². The van der Waals surface area contributed by atoms with Crippen LogP contribution in [0.4, 0.5) is 0 Å². The van der Waals surface area contributed by atoms with E-state index < -0.39 is 0 Å². The van der Waals surface area contributed by atoms with Gasteiger partial charge in [0, 0.05) is 18.0 Å². The molecule has 23 heavy (non-hydrogen) atoms. The van der Waals surface area contributed by atoms with Gasteiger partial charge in [-0.15, -0.1) is 20.4 Å². The minimum atomic E-state index is 0.187. The van der Waals surface area contributed by atoms with Gasteiger partial charge in [0.15, 0.2) is 6.33 Å². The fourth-order valence-corrected chi connectivity index (χ4v) is 2.97. The van der Waals surface area contributed by atoms with E-state index in [1.165, 1.54) is 32.0 Å². The van der Waals surface area contributed by atoms with Crippen molar-refractivity contribution >= 4 is 5.91 Å². The van der Waals surface area contributed by atoms with E-state index in [0.717, 1.165) is 24.0 Å². The Morgan fingerprint density at radius 3 is 2.30 bits per heavy atom. The summed E-state index contributed by atoms with van der Waals surface area (Å²) in [5.74, 6) is 0.879. The lowest BCUT2D eigenvalue weighted by atomic mass is 9.99. The average molecular weight is 311 g/mol. The molecule has 0 unspecified atom stereocenters. The second-order valence-corrected chi connectivity index (χ2v) is 5.97. The van der Waals surface area contributed by atoms with Gasteiger partial charge in [-0.05, 0) is 18.4 Å². The molecule has 0 atom stereocenters. The van der Waals surface area contributed by atoms with Crippen LogP contribution in [-0.2, 0) is 11.3 Å². The first-order chi connectivity index (χ1) is 11.3. The molecule has 0 radical (unpaired) electrons. The third-order valence-electron chi connectivity index (χ3n) is 4.31. The monoisotopic (exact) mass is 311 g/mol. The van der Waals surface area contributed by atoms with Crippen molar-refractivity contribution in [2.45, 2.75) is 45.1 Å². The van der Waals surface area contributed by atoms with Crippen LogP contribution in [0.3, 0.4) is 0 Å². The number of carbonyl (C=O) groups is 1. The number of benzene rings is 1. The zero-order valence-electron chi connectivity index (χ0n) is 13.1. The summed E-state index contributed by atoms with van der Waals surface area (Å²) in [7, 11) is 0. The summed E-state index contributed by atoms with van der Waals surface area (Å²) in [4.78, 5) is 12.3. The number of nitrogens with zero attached hydrogens (tertiary/aromatic N) is 4. The maximum Gasteiger partial charge on any atom is 0.223 e. The number of carbonyl (C=O) groups excluding carboxylic acids is 1. The molecule has 1 aliphatic rings. The molecule has 1 amide bonds. The summed E-state index contributed by atoms with van der Waals surface area (Å²) in [6.45, 7) is 0.557. The molecule has 1 fully saturated rings. The zero-order valence-corrected chi connectivity index (χ0v) is 13.1. The average Bonchev–Trinajstić information content (AvgIpc) is 2.90. The Hall–Kier alpha value is -2.37. The highest BCUT2D eigenvalue weighted by Crippen LogP contribution is 2.23. The molecule has 0 aliphatic heterocycles. The number of amides is 1. The third-order valence-corrected chi connectivity index (χ3v) is 4.31. The lowest BCUT2D eigenvalue weighted by Crippen LogP contribution is -2.30. The Balaban J connectivity index is 1.55. The minimum Gasteiger partial charge on any atom is -0.352 e. The van der Waals surface area contributed by atoms with Crippen molar-refractivity contribution < 1.29 is 4.79 Å². The van der Waals surface area contributed by atoms with Crippen molar-refractivity contribution in [3.63, 3.8) is 0 Å². The van der Waals surface area contributed by atoms with Crippen LogP contribution in [0.1, 0.15) is 44.1 Å². The molecule has 0 bridgehead atoms. The van der Waals surface area contributed by atoms with Crippen LogP contribution in [-0.4, -0.2) is 26.3 Å². The predicted octanol–water partition coefficient (Wildman–Crippen LogP) is 2.52. The Kier molecular flexibility index (Phi) is 5.24. The minimum absolute atomic E-state index is 0.187. The van der Waals surface area contributed by atoms with Crippen molar-refractivity contribution in [3.05, 3.63) is 36.2 Å². The summed E-state index contributed by atoms with van der Waals surface area (Å²) >= 11 is 0.